The Morgan fingerprint density at radius 2 is 2.00 bits per heavy atom. The summed E-state index contributed by atoms with van der Waals surface area (Å²) in [4.78, 5) is 18.7. The predicted molar refractivity (Wildman–Crippen MR) is 86.0 cm³/mol. The lowest BCUT2D eigenvalue weighted by Gasteiger charge is -2.26. The summed E-state index contributed by atoms with van der Waals surface area (Å²) >= 11 is 0. The van der Waals surface area contributed by atoms with Crippen molar-refractivity contribution >= 4 is 22.5 Å². The fourth-order valence-corrected chi connectivity index (χ4v) is 2.38. The number of aromatic nitrogens is 1. The number of nitrogen functional groups attached to an aromatic ring is 1. The third-order valence-electron chi connectivity index (χ3n) is 3.15. The monoisotopic (exact) mass is 286 g/mol. The Kier molecular flexibility index (Phi) is 4.14. The molecule has 112 valence electrons. The van der Waals surface area contributed by atoms with Crippen LogP contribution >= 0.6 is 0 Å². The van der Waals surface area contributed by atoms with E-state index in [-0.39, 0.29) is 11.3 Å². The van der Waals surface area contributed by atoms with Crippen LogP contribution < -0.4 is 11.3 Å². The highest BCUT2D eigenvalue weighted by Crippen LogP contribution is 2.23. The molecule has 2 rings (SSSR count). The molecule has 2 aromatic rings. The van der Waals surface area contributed by atoms with Crippen LogP contribution in [0.3, 0.4) is 0 Å². The van der Waals surface area contributed by atoms with Crippen molar-refractivity contribution in [2.24, 2.45) is 11.3 Å². The van der Waals surface area contributed by atoms with Gasteiger partial charge >= 0.3 is 0 Å². The first-order chi connectivity index (χ1) is 9.81. The van der Waals surface area contributed by atoms with Gasteiger partial charge in [-0.15, -0.1) is 0 Å². The molecule has 5 heteroatoms. The molecule has 0 spiro atoms. The summed E-state index contributed by atoms with van der Waals surface area (Å²) in [5.74, 6) is 5.46. The summed E-state index contributed by atoms with van der Waals surface area (Å²) in [6.07, 6.45) is 0. The zero-order valence-electron chi connectivity index (χ0n) is 13.0. The van der Waals surface area contributed by atoms with Crippen LogP contribution in [-0.2, 0) is 0 Å². The normalized spacial score (nSPS) is 11.5. The summed E-state index contributed by atoms with van der Waals surface area (Å²) < 4.78 is 0. The predicted octanol–water partition coefficient (Wildman–Crippen LogP) is 2.64. The van der Waals surface area contributed by atoms with Gasteiger partial charge in [-0.1, -0.05) is 39.0 Å². The summed E-state index contributed by atoms with van der Waals surface area (Å²) in [6, 6.07) is 9.30. The lowest BCUT2D eigenvalue weighted by atomic mass is 9.96. The van der Waals surface area contributed by atoms with Crippen LogP contribution in [0, 0.1) is 5.41 Å². The minimum atomic E-state index is -0.104. The lowest BCUT2D eigenvalue weighted by Crippen LogP contribution is -2.35. The number of nitrogens with two attached hydrogens (primary N) is 1. The van der Waals surface area contributed by atoms with Crippen molar-refractivity contribution in [2.45, 2.75) is 20.8 Å². The molecule has 0 aliphatic carbocycles. The Morgan fingerprint density at radius 1 is 1.33 bits per heavy atom. The van der Waals surface area contributed by atoms with E-state index in [0.29, 0.717) is 17.9 Å². The fourth-order valence-electron chi connectivity index (χ4n) is 2.38. The third kappa shape index (κ3) is 3.49. The number of amides is 1. The van der Waals surface area contributed by atoms with Crippen LogP contribution in [0.5, 0.6) is 0 Å². The number of nitrogens with one attached hydrogen (secondary N) is 1. The number of carbonyl (C=O) groups excluding carboxylic acids is 1. The first kappa shape index (κ1) is 15.3. The molecule has 0 radical (unpaired) electrons. The molecular formula is C16H22N4O. The zero-order chi connectivity index (χ0) is 15.6. The van der Waals surface area contributed by atoms with Crippen molar-refractivity contribution in [3.63, 3.8) is 0 Å². The van der Waals surface area contributed by atoms with Gasteiger partial charge in [0.1, 0.15) is 5.69 Å². The molecule has 0 atom stereocenters. The Hall–Kier alpha value is -2.14. The van der Waals surface area contributed by atoms with Gasteiger partial charge in [-0.3, -0.25) is 10.6 Å². The van der Waals surface area contributed by atoms with Gasteiger partial charge in [0.15, 0.2) is 0 Å². The van der Waals surface area contributed by atoms with Gasteiger partial charge < -0.3 is 10.3 Å². The summed E-state index contributed by atoms with van der Waals surface area (Å²) in [6.45, 7) is 6.94. The molecule has 1 amide bonds. The van der Waals surface area contributed by atoms with Gasteiger partial charge in [0, 0.05) is 19.0 Å². The van der Waals surface area contributed by atoms with E-state index in [0.717, 1.165) is 10.9 Å². The maximum atomic E-state index is 12.5. The number of rotatable bonds is 3. The van der Waals surface area contributed by atoms with Crippen molar-refractivity contribution in [1.82, 2.24) is 9.88 Å². The number of benzene rings is 1. The molecule has 0 saturated heterocycles. The highest BCUT2D eigenvalue weighted by atomic mass is 16.2. The van der Waals surface area contributed by atoms with Crippen molar-refractivity contribution in [3.8, 4) is 0 Å². The third-order valence-corrected chi connectivity index (χ3v) is 3.15. The molecule has 21 heavy (non-hydrogen) atoms. The second kappa shape index (κ2) is 5.69. The van der Waals surface area contributed by atoms with E-state index in [1.165, 1.54) is 0 Å². The molecule has 1 aromatic carbocycles. The number of nitrogens with zero attached hydrogens (tertiary/aromatic N) is 2. The molecule has 0 saturated carbocycles. The van der Waals surface area contributed by atoms with Crippen LogP contribution in [0.15, 0.2) is 30.3 Å². The average molecular weight is 286 g/mol. The molecule has 0 bridgehead atoms. The smallest absolute Gasteiger partial charge is 0.272 e. The first-order valence-corrected chi connectivity index (χ1v) is 6.94. The van der Waals surface area contributed by atoms with Crippen molar-refractivity contribution in [1.29, 1.82) is 0 Å². The first-order valence-electron chi connectivity index (χ1n) is 6.94. The maximum absolute atomic E-state index is 12.5. The number of carbonyl (C=O) groups is 1. The van der Waals surface area contributed by atoms with Gasteiger partial charge in [0.25, 0.3) is 5.91 Å². The molecule has 5 nitrogen and oxygen atoms in total. The number of para-hydroxylation sites is 1. The lowest BCUT2D eigenvalue weighted by molar-refractivity contribution is 0.0740. The second-order valence-electron chi connectivity index (χ2n) is 6.44. The minimum absolute atomic E-state index is 0.0379. The van der Waals surface area contributed by atoms with Crippen LogP contribution in [0.2, 0.25) is 0 Å². The van der Waals surface area contributed by atoms with Gasteiger partial charge in [-0.2, -0.15) is 0 Å². The van der Waals surface area contributed by atoms with Crippen LogP contribution in [-0.4, -0.2) is 29.4 Å². The van der Waals surface area contributed by atoms with Crippen molar-refractivity contribution in [2.75, 3.05) is 19.0 Å². The molecule has 0 aliphatic rings. The number of anilines is 1. The number of hydrogen-bond acceptors (Lipinski definition) is 4. The molecule has 0 unspecified atom stereocenters. The van der Waals surface area contributed by atoms with Crippen LogP contribution in [0.1, 0.15) is 31.3 Å². The van der Waals surface area contributed by atoms with Crippen LogP contribution in [0.25, 0.3) is 10.9 Å². The molecule has 0 aliphatic heterocycles. The SMILES string of the molecule is CN(CC(C)(C)C)C(=O)c1cc(NN)c2ccccc2n1. The van der Waals surface area contributed by atoms with Crippen LogP contribution in [0.4, 0.5) is 5.69 Å². The van der Waals surface area contributed by atoms with E-state index in [2.05, 4.69) is 31.2 Å². The van der Waals surface area contributed by atoms with E-state index in [9.17, 15) is 4.79 Å². The summed E-state index contributed by atoms with van der Waals surface area (Å²) in [5.41, 5.74) is 4.53. The molecular weight excluding hydrogens is 264 g/mol. The van der Waals surface area contributed by atoms with E-state index in [1.807, 2.05) is 24.3 Å². The summed E-state index contributed by atoms with van der Waals surface area (Å²) in [7, 11) is 1.79. The highest BCUT2D eigenvalue weighted by Gasteiger charge is 2.20. The highest BCUT2D eigenvalue weighted by molar-refractivity contribution is 5.99. The minimum Gasteiger partial charge on any atom is -0.340 e. The summed E-state index contributed by atoms with van der Waals surface area (Å²) in [5, 5.41) is 0.898. The Labute approximate surface area is 125 Å². The standard InChI is InChI=1S/C16H22N4O/c1-16(2,3)10-20(4)15(21)14-9-13(19-17)11-7-5-6-8-12(11)18-14/h5-9H,10,17H2,1-4H3,(H,18,19). The topological polar surface area (TPSA) is 71.2 Å². The van der Waals surface area contributed by atoms with E-state index < -0.39 is 0 Å². The molecule has 1 heterocycles. The van der Waals surface area contributed by atoms with Gasteiger partial charge in [0.05, 0.1) is 11.2 Å². The Morgan fingerprint density at radius 3 is 2.62 bits per heavy atom. The van der Waals surface area contributed by atoms with Gasteiger partial charge in [-0.25, -0.2) is 4.98 Å². The number of hydrazine groups is 1. The van der Waals surface area contributed by atoms with Gasteiger partial charge in [-0.05, 0) is 17.5 Å². The Balaban J connectivity index is 2.40. The van der Waals surface area contributed by atoms with E-state index in [4.69, 9.17) is 5.84 Å². The molecule has 0 fully saturated rings. The van der Waals surface area contributed by atoms with E-state index in [1.54, 1.807) is 18.0 Å². The number of fused-ring (bicyclic) bond motifs is 1. The second-order valence-corrected chi connectivity index (χ2v) is 6.44. The Bertz CT molecular complexity index is 661. The number of hydrogen-bond donors (Lipinski definition) is 2. The number of pyridine rings is 1. The quantitative estimate of drug-likeness (QED) is 0.672. The molecule has 3 N–H and O–H groups in total. The molecule has 1 aromatic heterocycles. The average Bonchev–Trinajstić information content (AvgIpc) is 2.43. The maximum Gasteiger partial charge on any atom is 0.272 e. The van der Waals surface area contributed by atoms with Gasteiger partial charge in [0.2, 0.25) is 0 Å². The van der Waals surface area contributed by atoms with E-state index >= 15 is 0 Å². The largest absolute Gasteiger partial charge is 0.340 e. The van der Waals surface area contributed by atoms with Crippen molar-refractivity contribution in [3.05, 3.63) is 36.0 Å². The zero-order valence-corrected chi connectivity index (χ0v) is 13.0. The van der Waals surface area contributed by atoms with Crippen molar-refractivity contribution < 1.29 is 4.79 Å². The fraction of sp³-hybridized carbons (Fsp3) is 0.375.